The predicted molar refractivity (Wildman–Crippen MR) is 94.8 cm³/mol. The number of benzene rings is 2. The Morgan fingerprint density at radius 2 is 1.92 bits per heavy atom. The summed E-state index contributed by atoms with van der Waals surface area (Å²) < 4.78 is 6.23. The highest BCUT2D eigenvalue weighted by Crippen LogP contribution is 2.21. The number of carbonyl (C=O) groups excluding carboxylic acids is 1. The van der Waals surface area contributed by atoms with Crippen molar-refractivity contribution in [1.29, 1.82) is 0 Å². The second-order valence-electron chi connectivity index (χ2n) is 5.14. The molecular weight excluding hydrogens is 394 g/mol. The second kappa shape index (κ2) is 7.15. The van der Waals surface area contributed by atoms with Crippen LogP contribution in [0.3, 0.4) is 0 Å². The van der Waals surface area contributed by atoms with Gasteiger partial charge in [-0.25, -0.2) is 0 Å². The third kappa shape index (κ3) is 3.66. The summed E-state index contributed by atoms with van der Waals surface area (Å²) in [6.45, 7) is 1.77. The van der Waals surface area contributed by atoms with Crippen molar-refractivity contribution in [3.63, 3.8) is 0 Å². The van der Waals surface area contributed by atoms with E-state index >= 15 is 0 Å². The van der Waals surface area contributed by atoms with Gasteiger partial charge < -0.3 is 9.84 Å². The second-order valence-corrected chi connectivity index (χ2v) is 6.46. The van der Waals surface area contributed by atoms with Crippen molar-refractivity contribution in [3.05, 3.63) is 69.5 Å². The number of amides is 1. The molecule has 1 amide bonds. The van der Waals surface area contributed by atoms with Gasteiger partial charge in [0.25, 0.3) is 5.91 Å². The minimum Gasteiger partial charge on any atom is -0.340 e. The predicted octanol–water partition coefficient (Wildman–Crippen LogP) is 4.64. The number of aromatic nitrogens is 2. The fraction of sp³-hybridized carbons (Fsp3) is 0.118. The Labute approximate surface area is 152 Å². The lowest BCUT2D eigenvalue weighted by Gasteiger charge is -2.10. The van der Waals surface area contributed by atoms with Gasteiger partial charge in [0.15, 0.2) is 0 Å². The fourth-order valence-corrected chi connectivity index (χ4v) is 2.59. The van der Waals surface area contributed by atoms with Crippen LogP contribution in [-0.4, -0.2) is 16.0 Å². The number of halogens is 2. The molecule has 0 saturated heterocycles. The van der Waals surface area contributed by atoms with Gasteiger partial charge in [0.2, 0.25) is 11.7 Å². The Bertz CT molecular complexity index is 864. The molecule has 1 atom stereocenters. The van der Waals surface area contributed by atoms with Gasteiger partial charge in [-0.15, -0.1) is 0 Å². The molecule has 122 valence electrons. The molecule has 0 fully saturated rings. The normalized spacial score (nSPS) is 12.0. The molecule has 0 aliphatic heterocycles. The molecule has 0 bridgehead atoms. The first-order valence-electron chi connectivity index (χ1n) is 7.19. The molecule has 0 aliphatic rings. The maximum atomic E-state index is 12.3. The smallest absolute Gasteiger partial charge is 0.253 e. The van der Waals surface area contributed by atoms with E-state index in [-0.39, 0.29) is 5.91 Å². The number of carbonyl (C=O) groups is 1. The van der Waals surface area contributed by atoms with Crippen LogP contribution in [0.15, 0.2) is 57.5 Å². The molecule has 0 spiro atoms. The van der Waals surface area contributed by atoms with Crippen molar-refractivity contribution in [3.8, 4) is 11.4 Å². The molecule has 24 heavy (non-hydrogen) atoms. The van der Waals surface area contributed by atoms with Crippen molar-refractivity contribution in [2.45, 2.75) is 13.0 Å². The lowest BCUT2D eigenvalue weighted by molar-refractivity contribution is 0.0932. The molecule has 1 aromatic heterocycles. The summed E-state index contributed by atoms with van der Waals surface area (Å²) in [5.74, 6) is 0.501. The van der Waals surface area contributed by atoms with Crippen LogP contribution in [-0.2, 0) is 0 Å². The number of rotatable bonds is 4. The quantitative estimate of drug-likeness (QED) is 0.685. The van der Waals surface area contributed by atoms with Crippen LogP contribution in [0.4, 0.5) is 0 Å². The summed E-state index contributed by atoms with van der Waals surface area (Å²) in [4.78, 5) is 16.6. The minimum absolute atomic E-state index is 0.295. The van der Waals surface area contributed by atoms with Gasteiger partial charge >= 0.3 is 0 Å². The van der Waals surface area contributed by atoms with Crippen LogP contribution in [0.2, 0.25) is 5.02 Å². The Kier molecular flexibility index (Phi) is 4.97. The zero-order valence-corrected chi connectivity index (χ0v) is 15.0. The highest BCUT2D eigenvalue weighted by molar-refractivity contribution is 9.10. The topological polar surface area (TPSA) is 68.0 Å². The van der Waals surface area contributed by atoms with Crippen molar-refractivity contribution in [2.75, 3.05) is 0 Å². The highest BCUT2D eigenvalue weighted by Gasteiger charge is 2.19. The number of hydrogen-bond donors (Lipinski definition) is 1. The maximum absolute atomic E-state index is 12.3. The Balaban J connectivity index is 1.74. The van der Waals surface area contributed by atoms with Crippen molar-refractivity contribution in [1.82, 2.24) is 15.5 Å². The molecular formula is C17H13BrClN3O2. The van der Waals surface area contributed by atoms with Crippen molar-refractivity contribution < 1.29 is 9.32 Å². The van der Waals surface area contributed by atoms with Gasteiger partial charge in [-0.2, -0.15) is 4.98 Å². The third-order valence-electron chi connectivity index (χ3n) is 3.38. The summed E-state index contributed by atoms with van der Waals surface area (Å²) in [7, 11) is 0. The van der Waals surface area contributed by atoms with E-state index in [1.54, 1.807) is 31.2 Å². The van der Waals surface area contributed by atoms with Gasteiger partial charge in [-0.05, 0) is 43.3 Å². The van der Waals surface area contributed by atoms with Crippen molar-refractivity contribution in [2.24, 2.45) is 0 Å². The number of nitrogens with one attached hydrogen (secondary N) is 1. The summed E-state index contributed by atoms with van der Waals surface area (Å²) in [6.07, 6.45) is 0. The standard InChI is InChI=1S/C17H13BrClN3O2/c1-10(20-16(23)13-4-2-3-5-14(13)19)17-21-15(22-24-17)11-6-8-12(18)9-7-11/h2-10H,1H3,(H,20,23). The van der Waals surface area contributed by atoms with Crippen LogP contribution < -0.4 is 5.32 Å². The molecule has 1 N–H and O–H groups in total. The monoisotopic (exact) mass is 405 g/mol. The molecule has 0 radical (unpaired) electrons. The Morgan fingerprint density at radius 1 is 1.21 bits per heavy atom. The zero-order chi connectivity index (χ0) is 17.1. The minimum atomic E-state index is -0.439. The molecule has 0 aliphatic carbocycles. The van der Waals surface area contributed by atoms with E-state index in [1.165, 1.54) is 0 Å². The molecule has 0 saturated carbocycles. The molecule has 5 nitrogen and oxygen atoms in total. The van der Waals surface area contributed by atoms with Crippen molar-refractivity contribution >= 4 is 33.4 Å². The van der Waals surface area contributed by atoms with E-state index in [4.69, 9.17) is 16.1 Å². The summed E-state index contributed by atoms with van der Waals surface area (Å²) >= 11 is 9.41. The summed E-state index contributed by atoms with van der Waals surface area (Å²) in [5, 5.41) is 7.15. The average molecular weight is 407 g/mol. The molecule has 2 aromatic carbocycles. The van der Waals surface area contributed by atoms with Gasteiger partial charge in [-0.3, -0.25) is 4.79 Å². The first-order chi connectivity index (χ1) is 11.5. The average Bonchev–Trinajstić information content (AvgIpc) is 3.06. The SMILES string of the molecule is CC(NC(=O)c1ccccc1Cl)c1nc(-c2ccc(Br)cc2)no1. The van der Waals surface area contributed by atoms with E-state index in [2.05, 4.69) is 31.4 Å². The zero-order valence-electron chi connectivity index (χ0n) is 12.7. The van der Waals surface area contributed by atoms with Crippen LogP contribution >= 0.6 is 27.5 Å². The van der Waals surface area contributed by atoms with E-state index in [0.717, 1.165) is 10.0 Å². The van der Waals surface area contributed by atoms with E-state index < -0.39 is 6.04 Å². The largest absolute Gasteiger partial charge is 0.340 e. The van der Waals surface area contributed by atoms with Crippen LogP contribution in [0, 0.1) is 0 Å². The van der Waals surface area contributed by atoms with Gasteiger partial charge in [-0.1, -0.05) is 44.8 Å². The van der Waals surface area contributed by atoms with E-state index in [1.807, 2.05) is 24.3 Å². The fourth-order valence-electron chi connectivity index (χ4n) is 2.11. The number of nitrogens with zero attached hydrogens (tertiary/aromatic N) is 2. The Hall–Kier alpha value is -2.18. The highest BCUT2D eigenvalue weighted by atomic mass is 79.9. The van der Waals surface area contributed by atoms with Crippen LogP contribution in [0.25, 0.3) is 11.4 Å². The lowest BCUT2D eigenvalue weighted by atomic mass is 10.2. The van der Waals surface area contributed by atoms with Crippen LogP contribution in [0.5, 0.6) is 0 Å². The van der Waals surface area contributed by atoms with Gasteiger partial charge in [0.05, 0.1) is 10.6 Å². The molecule has 7 heteroatoms. The molecule has 3 rings (SSSR count). The molecule has 3 aromatic rings. The number of hydrogen-bond acceptors (Lipinski definition) is 4. The Morgan fingerprint density at radius 3 is 2.62 bits per heavy atom. The molecule has 1 unspecified atom stereocenters. The maximum Gasteiger partial charge on any atom is 0.253 e. The third-order valence-corrected chi connectivity index (χ3v) is 4.24. The van der Waals surface area contributed by atoms with Gasteiger partial charge in [0, 0.05) is 10.0 Å². The first kappa shape index (κ1) is 16.7. The van der Waals surface area contributed by atoms with Crippen LogP contribution in [0.1, 0.15) is 29.2 Å². The first-order valence-corrected chi connectivity index (χ1v) is 8.36. The van der Waals surface area contributed by atoms with E-state index in [9.17, 15) is 4.79 Å². The molecule has 1 heterocycles. The summed E-state index contributed by atoms with van der Waals surface area (Å²) in [6, 6.07) is 14.0. The van der Waals surface area contributed by atoms with Gasteiger partial charge in [0.1, 0.15) is 6.04 Å². The summed E-state index contributed by atoms with van der Waals surface area (Å²) in [5.41, 5.74) is 1.23. The lowest BCUT2D eigenvalue weighted by Crippen LogP contribution is -2.27. The van der Waals surface area contributed by atoms with E-state index in [0.29, 0.717) is 22.3 Å².